The number of hydrogen-bond acceptors (Lipinski definition) is 4. The van der Waals surface area contributed by atoms with Gasteiger partial charge in [0.15, 0.2) is 11.5 Å². The standard InChI is InChI=1S/C22H26N2O3/c25-22(23-11-8-17-4-2-1-3-5-17)19-9-12-24(13-10-19)15-18-6-7-20-21(14-18)27-16-26-20/h1-7,14,19H,8-13,15-16H2,(H,23,25). The van der Waals surface area contributed by atoms with E-state index in [1.54, 1.807) is 0 Å². The van der Waals surface area contributed by atoms with Crippen molar-refractivity contribution in [3.8, 4) is 11.5 Å². The maximum absolute atomic E-state index is 12.4. The van der Waals surface area contributed by atoms with Gasteiger partial charge in [0.25, 0.3) is 0 Å². The van der Waals surface area contributed by atoms with Gasteiger partial charge in [-0.3, -0.25) is 9.69 Å². The summed E-state index contributed by atoms with van der Waals surface area (Å²) in [5.41, 5.74) is 2.49. The minimum absolute atomic E-state index is 0.133. The molecule has 1 N–H and O–H groups in total. The highest BCUT2D eigenvalue weighted by Gasteiger charge is 2.25. The van der Waals surface area contributed by atoms with Gasteiger partial charge in [-0.15, -0.1) is 0 Å². The molecule has 1 amide bonds. The number of benzene rings is 2. The molecule has 0 atom stereocenters. The SMILES string of the molecule is O=C(NCCc1ccccc1)C1CCN(Cc2ccc3c(c2)OCO3)CC1. The zero-order valence-corrected chi connectivity index (χ0v) is 15.5. The third-order valence-electron chi connectivity index (χ3n) is 5.36. The summed E-state index contributed by atoms with van der Waals surface area (Å²) < 4.78 is 10.8. The summed E-state index contributed by atoms with van der Waals surface area (Å²) in [4.78, 5) is 14.8. The van der Waals surface area contributed by atoms with Gasteiger partial charge in [-0.25, -0.2) is 0 Å². The van der Waals surface area contributed by atoms with Crippen molar-refractivity contribution in [1.82, 2.24) is 10.2 Å². The van der Waals surface area contributed by atoms with E-state index in [-0.39, 0.29) is 11.8 Å². The van der Waals surface area contributed by atoms with Crippen molar-refractivity contribution >= 4 is 5.91 Å². The highest BCUT2D eigenvalue weighted by atomic mass is 16.7. The second kappa shape index (κ2) is 8.44. The first kappa shape index (κ1) is 17.9. The quantitative estimate of drug-likeness (QED) is 0.854. The summed E-state index contributed by atoms with van der Waals surface area (Å²) in [5.74, 6) is 1.99. The molecule has 5 nitrogen and oxygen atoms in total. The van der Waals surface area contributed by atoms with Gasteiger partial charge in [-0.1, -0.05) is 36.4 Å². The van der Waals surface area contributed by atoms with E-state index in [0.29, 0.717) is 13.3 Å². The molecule has 2 heterocycles. The lowest BCUT2D eigenvalue weighted by Gasteiger charge is -2.31. The fourth-order valence-corrected chi connectivity index (χ4v) is 3.77. The van der Waals surface area contributed by atoms with Crippen molar-refractivity contribution in [3.05, 3.63) is 59.7 Å². The predicted octanol–water partition coefficient (Wildman–Crippen LogP) is 2.99. The monoisotopic (exact) mass is 366 g/mol. The minimum atomic E-state index is 0.133. The third-order valence-corrected chi connectivity index (χ3v) is 5.36. The molecule has 0 spiro atoms. The van der Waals surface area contributed by atoms with Crippen LogP contribution >= 0.6 is 0 Å². The van der Waals surface area contributed by atoms with Crippen LogP contribution in [0, 0.1) is 5.92 Å². The van der Waals surface area contributed by atoms with Crippen LogP contribution in [0.3, 0.4) is 0 Å². The topological polar surface area (TPSA) is 50.8 Å². The van der Waals surface area contributed by atoms with E-state index >= 15 is 0 Å². The molecule has 2 aliphatic heterocycles. The highest BCUT2D eigenvalue weighted by Crippen LogP contribution is 2.33. The van der Waals surface area contributed by atoms with E-state index in [1.807, 2.05) is 24.3 Å². The van der Waals surface area contributed by atoms with Gasteiger partial charge >= 0.3 is 0 Å². The van der Waals surface area contributed by atoms with Gasteiger partial charge in [-0.05, 0) is 55.6 Å². The number of amides is 1. The minimum Gasteiger partial charge on any atom is -0.454 e. The van der Waals surface area contributed by atoms with Gasteiger partial charge < -0.3 is 14.8 Å². The van der Waals surface area contributed by atoms with Crippen LogP contribution in [0.15, 0.2) is 48.5 Å². The first-order valence-electron chi connectivity index (χ1n) is 9.70. The Labute approximate surface area is 160 Å². The highest BCUT2D eigenvalue weighted by molar-refractivity contribution is 5.78. The summed E-state index contributed by atoms with van der Waals surface area (Å²) in [6.45, 7) is 3.80. The fraction of sp³-hybridized carbons (Fsp3) is 0.409. The van der Waals surface area contributed by atoms with Gasteiger partial charge in [0.05, 0.1) is 0 Å². The van der Waals surface area contributed by atoms with E-state index in [1.165, 1.54) is 11.1 Å². The van der Waals surface area contributed by atoms with Crippen molar-refractivity contribution in [3.63, 3.8) is 0 Å². The summed E-state index contributed by atoms with van der Waals surface area (Å²) in [6.07, 6.45) is 2.72. The van der Waals surface area contributed by atoms with Crippen LogP contribution < -0.4 is 14.8 Å². The number of likely N-dealkylation sites (tertiary alicyclic amines) is 1. The van der Waals surface area contributed by atoms with E-state index < -0.39 is 0 Å². The molecule has 4 rings (SSSR count). The molecule has 5 heteroatoms. The Morgan fingerprint density at radius 1 is 1.00 bits per heavy atom. The lowest BCUT2D eigenvalue weighted by atomic mass is 9.95. The number of fused-ring (bicyclic) bond motifs is 1. The summed E-state index contributed by atoms with van der Waals surface area (Å²) in [6, 6.07) is 16.4. The zero-order valence-electron chi connectivity index (χ0n) is 15.5. The summed E-state index contributed by atoms with van der Waals surface area (Å²) in [7, 11) is 0. The van der Waals surface area contributed by atoms with Crippen LogP contribution in [-0.4, -0.2) is 37.2 Å². The molecular weight excluding hydrogens is 340 g/mol. The Kier molecular flexibility index (Phi) is 5.58. The van der Waals surface area contributed by atoms with E-state index in [2.05, 4.69) is 34.5 Å². The number of hydrogen-bond donors (Lipinski definition) is 1. The smallest absolute Gasteiger partial charge is 0.231 e. The molecule has 1 saturated heterocycles. The van der Waals surface area contributed by atoms with Crippen molar-refractivity contribution < 1.29 is 14.3 Å². The molecular formula is C22H26N2O3. The maximum atomic E-state index is 12.4. The van der Waals surface area contributed by atoms with Gasteiger partial charge in [0, 0.05) is 19.0 Å². The molecule has 1 fully saturated rings. The van der Waals surface area contributed by atoms with Gasteiger partial charge in [0.1, 0.15) is 0 Å². The number of nitrogens with zero attached hydrogens (tertiary/aromatic N) is 1. The normalized spacial score (nSPS) is 17.0. The number of piperidine rings is 1. The summed E-state index contributed by atoms with van der Waals surface area (Å²) >= 11 is 0. The van der Waals surface area contributed by atoms with E-state index in [9.17, 15) is 4.79 Å². The number of carbonyl (C=O) groups is 1. The Bertz CT molecular complexity index is 770. The van der Waals surface area contributed by atoms with Gasteiger partial charge in [-0.2, -0.15) is 0 Å². The van der Waals surface area contributed by atoms with Crippen LogP contribution in [0.2, 0.25) is 0 Å². The van der Waals surface area contributed by atoms with E-state index in [4.69, 9.17) is 9.47 Å². The van der Waals surface area contributed by atoms with Crippen LogP contribution in [-0.2, 0) is 17.8 Å². The van der Waals surface area contributed by atoms with Crippen molar-refractivity contribution in [2.75, 3.05) is 26.4 Å². The second-order valence-corrected chi connectivity index (χ2v) is 7.26. The third kappa shape index (κ3) is 4.61. The maximum Gasteiger partial charge on any atom is 0.231 e. The average Bonchev–Trinajstić information content (AvgIpc) is 3.17. The van der Waals surface area contributed by atoms with Crippen LogP contribution in [0.1, 0.15) is 24.0 Å². The molecule has 2 aromatic carbocycles. The first-order chi connectivity index (χ1) is 13.3. The van der Waals surface area contributed by atoms with Crippen LogP contribution in [0.25, 0.3) is 0 Å². The predicted molar refractivity (Wildman–Crippen MR) is 104 cm³/mol. The molecule has 2 aliphatic rings. The Hall–Kier alpha value is -2.53. The van der Waals surface area contributed by atoms with Crippen molar-refractivity contribution in [1.29, 1.82) is 0 Å². The zero-order chi connectivity index (χ0) is 18.5. The summed E-state index contributed by atoms with van der Waals surface area (Å²) in [5, 5.41) is 3.11. The molecule has 27 heavy (non-hydrogen) atoms. The Morgan fingerprint density at radius 3 is 2.59 bits per heavy atom. The molecule has 0 bridgehead atoms. The van der Waals surface area contributed by atoms with E-state index in [0.717, 1.165) is 50.4 Å². The fourth-order valence-electron chi connectivity index (χ4n) is 3.77. The average molecular weight is 366 g/mol. The van der Waals surface area contributed by atoms with Crippen LogP contribution in [0.4, 0.5) is 0 Å². The second-order valence-electron chi connectivity index (χ2n) is 7.26. The molecule has 2 aromatic rings. The van der Waals surface area contributed by atoms with Crippen molar-refractivity contribution in [2.45, 2.75) is 25.8 Å². The first-order valence-corrected chi connectivity index (χ1v) is 9.70. The Balaban J connectivity index is 1.20. The van der Waals surface area contributed by atoms with Gasteiger partial charge in [0.2, 0.25) is 12.7 Å². The molecule has 0 saturated carbocycles. The molecule has 0 aliphatic carbocycles. The molecule has 0 unspecified atom stereocenters. The molecule has 0 radical (unpaired) electrons. The molecule has 142 valence electrons. The number of carbonyl (C=O) groups excluding carboxylic acids is 1. The number of ether oxygens (including phenoxy) is 2. The molecule has 0 aromatic heterocycles. The number of rotatable bonds is 6. The van der Waals surface area contributed by atoms with Crippen LogP contribution in [0.5, 0.6) is 11.5 Å². The lowest BCUT2D eigenvalue weighted by molar-refractivity contribution is -0.126. The lowest BCUT2D eigenvalue weighted by Crippen LogP contribution is -2.40. The largest absolute Gasteiger partial charge is 0.454 e. The van der Waals surface area contributed by atoms with Crippen molar-refractivity contribution in [2.24, 2.45) is 5.92 Å². The Morgan fingerprint density at radius 2 is 1.78 bits per heavy atom. The number of nitrogens with one attached hydrogen (secondary N) is 1.